The van der Waals surface area contributed by atoms with Crippen molar-refractivity contribution in [1.29, 1.82) is 0 Å². The lowest BCUT2D eigenvalue weighted by Crippen LogP contribution is -2.43. The molecule has 1 aliphatic heterocycles. The summed E-state index contributed by atoms with van der Waals surface area (Å²) in [5.74, 6) is 0. The molecule has 1 fully saturated rings. The molecular weight excluding hydrogens is 232 g/mol. The minimum Gasteiger partial charge on any atom is -0.326 e. The van der Waals surface area contributed by atoms with E-state index < -0.39 is 0 Å². The zero-order valence-corrected chi connectivity index (χ0v) is 11.9. The Morgan fingerprint density at radius 3 is 2.58 bits per heavy atom. The number of fused-ring (bicyclic) bond motifs is 1. The molecule has 0 unspecified atom stereocenters. The van der Waals surface area contributed by atoms with Crippen molar-refractivity contribution in [1.82, 2.24) is 0 Å². The second-order valence-corrected chi connectivity index (χ2v) is 6.16. The van der Waals surface area contributed by atoms with Crippen LogP contribution >= 0.6 is 0 Å². The number of nitrogens with zero attached hydrogens (tertiary/aromatic N) is 2. The van der Waals surface area contributed by atoms with E-state index in [0.29, 0.717) is 0 Å². The minimum absolute atomic E-state index is 1.14. The first-order valence-electron chi connectivity index (χ1n) is 7.47. The number of quaternary nitrogens is 1. The average Bonchev–Trinajstić information content (AvgIpc) is 2.86. The van der Waals surface area contributed by atoms with Gasteiger partial charge < -0.3 is 4.48 Å². The molecule has 1 saturated heterocycles. The maximum Gasteiger partial charge on any atom is 0.176 e. The topological polar surface area (TPSA) is 3.88 Å². The van der Waals surface area contributed by atoms with Gasteiger partial charge in [0.15, 0.2) is 18.9 Å². The van der Waals surface area contributed by atoms with Crippen LogP contribution in [-0.2, 0) is 6.54 Å². The second-order valence-electron chi connectivity index (χ2n) is 6.16. The summed E-state index contributed by atoms with van der Waals surface area (Å²) in [5.41, 5.74) is 0. The maximum atomic E-state index is 2.41. The van der Waals surface area contributed by atoms with Gasteiger partial charge in [-0.25, -0.2) is 4.57 Å². The van der Waals surface area contributed by atoms with Crippen LogP contribution in [0.2, 0.25) is 0 Å². The number of aromatic nitrogens is 1. The van der Waals surface area contributed by atoms with E-state index in [9.17, 15) is 0 Å². The van der Waals surface area contributed by atoms with Gasteiger partial charge >= 0.3 is 0 Å². The fraction of sp³-hybridized carbons (Fsp3) is 0.471. The summed E-state index contributed by atoms with van der Waals surface area (Å²) >= 11 is 0. The maximum absolute atomic E-state index is 2.41. The molecule has 0 amide bonds. The number of pyridine rings is 1. The Hall–Kier alpha value is -1.41. The van der Waals surface area contributed by atoms with E-state index in [0.717, 1.165) is 6.54 Å². The van der Waals surface area contributed by atoms with Crippen molar-refractivity contribution in [2.45, 2.75) is 25.8 Å². The first-order chi connectivity index (χ1) is 9.25. The molecule has 3 rings (SSSR count). The quantitative estimate of drug-likeness (QED) is 0.585. The monoisotopic (exact) mass is 256 g/mol. The molecule has 100 valence electrons. The summed E-state index contributed by atoms with van der Waals surface area (Å²) in [6, 6.07) is 10.8. The standard InChI is InChI=1S/C17H24N2/c1-19(12-4-5-13-19)14-6-10-18-11-9-16-7-2-3-8-17(16)15-18/h2-3,7-9,11,15H,4-6,10,12-14H2,1H3/q+2. The fourth-order valence-corrected chi connectivity index (χ4v) is 3.27. The Labute approximate surface area is 115 Å². The van der Waals surface area contributed by atoms with Crippen LogP contribution in [0.25, 0.3) is 10.8 Å². The van der Waals surface area contributed by atoms with Crippen LogP contribution < -0.4 is 4.57 Å². The Balaban J connectivity index is 1.62. The first-order valence-corrected chi connectivity index (χ1v) is 7.47. The van der Waals surface area contributed by atoms with Crippen molar-refractivity contribution in [3.63, 3.8) is 0 Å². The lowest BCUT2D eigenvalue weighted by Gasteiger charge is -2.28. The van der Waals surface area contributed by atoms with E-state index in [1.807, 2.05) is 0 Å². The molecule has 1 aromatic carbocycles. The van der Waals surface area contributed by atoms with Crippen LogP contribution in [0.5, 0.6) is 0 Å². The summed E-state index contributed by atoms with van der Waals surface area (Å²) in [6.45, 7) is 5.21. The van der Waals surface area contributed by atoms with Gasteiger partial charge in [-0.05, 0) is 11.5 Å². The fourth-order valence-electron chi connectivity index (χ4n) is 3.27. The van der Waals surface area contributed by atoms with Crippen molar-refractivity contribution < 1.29 is 9.05 Å². The van der Waals surface area contributed by atoms with E-state index in [-0.39, 0.29) is 0 Å². The zero-order valence-electron chi connectivity index (χ0n) is 11.9. The number of benzene rings is 1. The highest BCUT2D eigenvalue weighted by molar-refractivity contribution is 5.80. The third kappa shape index (κ3) is 2.95. The van der Waals surface area contributed by atoms with E-state index in [4.69, 9.17) is 0 Å². The van der Waals surface area contributed by atoms with Gasteiger partial charge in [0, 0.05) is 24.3 Å². The van der Waals surface area contributed by atoms with E-state index in [1.165, 1.54) is 54.2 Å². The largest absolute Gasteiger partial charge is 0.326 e. The zero-order chi connectivity index (χ0) is 13.1. The molecule has 2 nitrogen and oxygen atoms in total. The van der Waals surface area contributed by atoms with Crippen LogP contribution in [0.4, 0.5) is 0 Å². The van der Waals surface area contributed by atoms with Gasteiger partial charge in [0.25, 0.3) is 0 Å². The van der Waals surface area contributed by atoms with Crippen molar-refractivity contribution >= 4 is 10.8 Å². The lowest BCUT2D eigenvalue weighted by molar-refractivity contribution is -0.900. The predicted molar refractivity (Wildman–Crippen MR) is 78.8 cm³/mol. The minimum atomic E-state index is 1.14. The van der Waals surface area contributed by atoms with Crippen molar-refractivity contribution in [2.24, 2.45) is 0 Å². The van der Waals surface area contributed by atoms with Gasteiger partial charge in [0.05, 0.1) is 33.1 Å². The van der Waals surface area contributed by atoms with Gasteiger partial charge in [-0.3, -0.25) is 0 Å². The molecule has 2 aromatic rings. The molecule has 0 radical (unpaired) electrons. The molecule has 0 atom stereocenters. The number of rotatable bonds is 4. The molecule has 0 saturated carbocycles. The Kier molecular flexibility index (Phi) is 3.52. The Morgan fingerprint density at radius 2 is 1.79 bits per heavy atom. The normalized spacial score (nSPS) is 17.9. The third-order valence-corrected chi connectivity index (χ3v) is 4.51. The van der Waals surface area contributed by atoms with E-state index in [1.54, 1.807) is 0 Å². The number of hydrogen-bond donors (Lipinski definition) is 0. The van der Waals surface area contributed by atoms with E-state index in [2.05, 4.69) is 54.3 Å². The number of aryl methyl sites for hydroxylation is 1. The predicted octanol–water partition coefficient (Wildman–Crippen LogP) is 2.76. The van der Waals surface area contributed by atoms with Gasteiger partial charge in [0.1, 0.15) is 0 Å². The highest BCUT2D eigenvalue weighted by atomic mass is 15.3. The van der Waals surface area contributed by atoms with Crippen LogP contribution in [0.1, 0.15) is 19.3 Å². The van der Waals surface area contributed by atoms with Crippen LogP contribution in [0.15, 0.2) is 42.7 Å². The average molecular weight is 256 g/mol. The van der Waals surface area contributed by atoms with Crippen molar-refractivity contribution in [3.05, 3.63) is 42.7 Å². The molecule has 1 aliphatic rings. The molecule has 0 aliphatic carbocycles. The van der Waals surface area contributed by atoms with Crippen LogP contribution in [0, 0.1) is 0 Å². The number of hydrogen-bond acceptors (Lipinski definition) is 0. The van der Waals surface area contributed by atoms with Crippen LogP contribution in [0.3, 0.4) is 0 Å². The molecule has 0 N–H and O–H groups in total. The second kappa shape index (κ2) is 5.30. The van der Waals surface area contributed by atoms with Gasteiger partial charge in [0.2, 0.25) is 0 Å². The lowest BCUT2D eigenvalue weighted by atomic mass is 10.2. The molecule has 19 heavy (non-hydrogen) atoms. The first kappa shape index (κ1) is 12.6. The smallest absolute Gasteiger partial charge is 0.176 e. The molecule has 2 heteroatoms. The molecule has 2 heterocycles. The SMILES string of the molecule is C[N+]1(CCC[n+]2ccc3ccccc3c2)CCCC1. The summed E-state index contributed by atoms with van der Waals surface area (Å²) in [4.78, 5) is 0. The summed E-state index contributed by atoms with van der Waals surface area (Å²) in [6.07, 6.45) is 8.60. The Morgan fingerprint density at radius 1 is 1.05 bits per heavy atom. The highest BCUT2D eigenvalue weighted by Crippen LogP contribution is 2.16. The van der Waals surface area contributed by atoms with Gasteiger partial charge in [-0.1, -0.05) is 18.2 Å². The molecule has 0 bridgehead atoms. The molecular formula is C17H24N2+2. The van der Waals surface area contributed by atoms with Gasteiger partial charge in [-0.15, -0.1) is 0 Å². The van der Waals surface area contributed by atoms with Crippen molar-refractivity contribution in [2.75, 3.05) is 26.7 Å². The van der Waals surface area contributed by atoms with E-state index >= 15 is 0 Å². The summed E-state index contributed by atoms with van der Waals surface area (Å²) < 4.78 is 3.62. The van der Waals surface area contributed by atoms with Crippen molar-refractivity contribution in [3.8, 4) is 0 Å². The highest BCUT2D eigenvalue weighted by Gasteiger charge is 2.26. The molecule has 0 spiro atoms. The molecule has 1 aromatic heterocycles. The Bertz CT molecular complexity index is 556. The summed E-state index contributed by atoms with van der Waals surface area (Å²) in [5, 5.41) is 2.67. The van der Waals surface area contributed by atoms with Gasteiger partial charge in [-0.2, -0.15) is 0 Å². The third-order valence-electron chi connectivity index (χ3n) is 4.51. The van der Waals surface area contributed by atoms with Crippen LogP contribution in [-0.4, -0.2) is 31.2 Å². The number of likely N-dealkylation sites (tertiary alicyclic amines) is 1. The summed E-state index contributed by atoms with van der Waals surface area (Å²) in [7, 11) is 2.41.